The van der Waals surface area contributed by atoms with E-state index in [0.29, 0.717) is 34.1 Å². The number of halogens is 1. The maximum Gasteiger partial charge on any atom is 0.257 e. The van der Waals surface area contributed by atoms with Gasteiger partial charge in [-0.05, 0) is 67.6 Å². The Balaban J connectivity index is 1.62. The van der Waals surface area contributed by atoms with Crippen molar-refractivity contribution in [1.82, 2.24) is 0 Å². The van der Waals surface area contributed by atoms with E-state index in [1.165, 1.54) is 0 Å². The fraction of sp³-hybridized carbons (Fsp3) is 0.0909. The van der Waals surface area contributed by atoms with Crippen LogP contribution in [0.1, 0.15) is 27.6 Å². The van der Waals surface area contributed by atoms with Crippen LogP contribution in [-0.4, -0.2) is 18.4 Å². The molecule has 0 aromatic heterocycles. The number of hydrogen-bond donors (Lipinski definition) is 2. The number of nitrogens with one attached hydrogen (secondary N) is 2. The first-order chi connectivity index (χ1) is 13.6. The molecule has 0 atom stereocenters. The minimum Gasteiger partial charge on any atom is -0.494 e. The highest BCUT2D eigenvalue weighted by Crippen LogP contribution is 2.19. The first kappa shape index (κ1) is 19.5. The molecule has 3 aromatic carbocycles. The van der Waals surface area contributed by atoms with E-state index in [9.17, 15) is 9.59 Å². The molecule has 2 N–H and O–H groups in total. The smallest absolute Gasteiger partial charge is 0.257 e. The third-order valence-corrected chi connectivity index (χ3v) is 4.28. The van der Waals surface area contributed by atoms with Gasteiger partial charge >= 0.3 is 0 Å². The topological polar surface area (TPSA) is 67.4 Å². The molecule has 3 aromatic rings. The summed E-state index contributed by atoms with van der Waals surface area (Å²) >= 11 is 6.03. The molecule has 6 heteroatoms. The number of carbonyl (C=O) groups is 2. The Bertz CT molecular complexity index is 970. The van der Waals surface area contributed by atoms with E-state index in [2.05, 4.69) is 10.6 Å². The second kappa shape index (κ2) is 9.06. The minimum atomic E-state index is -0.308. The van der Waals surface area contributed by atoms with Crippen LogP contribution in [0.15, 0.2) is 72.8 Å². The summed E-state index contributed by atoms with van der Waals surface area (Å²) < 4.78 is 5.38. The first-order valence-electron chi connectivity index (χ1n) is 8.77. The summed E-state index contributed by atoms with van der Waals surface area (Å²) in [6.07, 6.45) is 0. The normalized spacial score (nSPS) is 10.2. The number of rotatable bonds is 6. The fourth-order valence-electron chi connectivity index (χ4n) is 2.55. The third kappa shape index (κ3) is 4.90. The molecule has 0 saturated carbocycles. The molecule has 3 rings (SSSR count). The number of ether oxygens (including phenoxy) is 1. The second-order valence-corrected chi connectivity index (χ2v) is 6.33. The van der Waals surface area contributed by atoms with Crippen molar-refractivity contribution < 1.29 is 14.3 Å². The summed E-state index contributed by atoms with van der Waals surface area (Å²) in [6.45, 7) is 2.50. The summed E-state index contributed by atoms with van der Waals surface area (Å²) in [5, 5.41) is 5.97. The molecule has 2 amide bonds. The highest BCUT2D eigenvalue weighted by Gasteiger charge is 2.11. The number of amides is 2. The maximum absolute atomic E-state index is 12.4. The molecule has 0 radical (unpaired) electrons. The Labute approximate surface area is 168 Å². The van der Waals surface area contributed by atoms with Gasteiger partial charge in [0, 0.05) is 16.9 Å². The summed E-state index contributed by atoms with van der Waals surface area (Å²) in [5.41, 5.74) is 2.11. The number of carbonyl (C=O) groups excluding carboxylic acids is 2. The Morgan fingerprint density at radius 2 is 1.39 bits per heavy atom. The summed E-state index contributed by atoms with van der Waals surface area (Å²) in [4.78, 5) is 24.7. The molecule has 0 saturated heterocycles. The third-order valence-electron chi connectivity index (χ3n) is 3.95. The van der Waals surface area contributed by atoms with Crippen LogP contribution in [0.5, 0.6) is 5.75 Å². The summed E-state index contributed by atoms with van der Waals surface area (Å²) in [5.74, 6) is 0.199. The van der Waals surface area contributed by atoms with Crippen LogP contribution in [0, 0.1) is 0 Å². The molecule has 0 bridgehead atoms. The minimum absolute atomic E-state index is 0.242. The SMILES string of the molecule is CCOc1ccc(NC(=O)c2ccc(NC(=O)c3ccccc3Cl)cc2)cc1. The molecular weight excluding hydrogens is 376 g/mol. The van der Waals surface area contributed by atoms with Crippen LogP contribution in [0.4, 0.5) is 11.4 Å². The van der Waals surface area contributed by atoms with Gasteiger partial charge in [-0.1, -0.05) is 23.7 Å². The Hall–Kier alpha value is -3.31. The molecule has 0 unspecified atom stereocenters. The Kier molecular flexibility index (Phi) is 6.29. The van der Waals surface area contributed by atoms with E-state index in [1.807, 2.05) is 6.92 Å². The number of benzene rings is 3. The lowest BCUT2D eigenvalue weighted by Crippen LogP contribution is -2.14. The van der Waals surface area contributed by atoms with E-state index < -0.39 is 0 Å². The van der Waals surface area contributed by atoms with E-state index in [-0.39, 0.29) is 11.8 Å². The van der Waals surface area contributed by atoms with Crippen LogP contribution in [0.3, 0.4) is 0 Å². The molecule has 0 aliphatic carbocycles. The highest BCUT2D eigenvalue weighted by molar-refractivity contribution is 6.34. The van der Waals surface area contributed by atoms with Crippen molar-refractivity contribution in [3.05, 3.63) is 88.9 Å². The van der Waals surface area contributed by atoms with Gasteiger partial charge in [-0.2, -0.15) is 0 Å². The van der Waals surface area contributed by atoms with Crippen LogP contribution < -0.4 is 15.4 Å². The fourth-order valence-corrected chi connectivity index (χ4v) is 2.77. The monoisotopic (exact) mass is 394 g/mol. The van der Waals surface area contributed by atoms with Crippen molar-refractivity contribution in [2.45, 2.75) is 6.92 Å². The van der Waals surface area contributed by atoms with E-state index >= 15 is 0 Å². The van der Waals surface area contributed by atoms with Gasteiger partial charge in [0.2, 0.25) is 0 Å². The van der Waals surface area contributed by atoms with Gasteiger partial charge in [0.15, 0.2) is 0 Å². The van der Waals surface area contributed by atoms with Gasteiger partial charge < -0.3 is 15.4 Å². The van der Waals surface area contributed by atoms with E-state index in [4.69, 9.17) is 16.3 Å². The predicted octanol–water partition coefficient (Wildman–Crippen LogP) is 5.24. The average molecular weight is 395 g/mol. The quantitative estimate of drug-likeness (QED) is 0.600. The molecule has 0 aliphatic heterocycles. The van der Waals surface area contributed by atoms with Crippen molar-refractivity contribution in [3.8, 4) is 5.75 Å². The van der Waals surface area contributed by atoms with Gasteiger partial charge in [0.1, 0.15) is 5.75 Å². The highest BCUT2D eigenvalue weighted by atomic mass is 35.5. The molecule has 28 heavy (non-hydrogen) atoms. The first-order valence-corrected chi connectivity index (χ1v) is 9.15. The van der Waals surface area contributed by atoms with Crippen molar-refractivity contribution in [2.75, 3.05) is 17.2 Å². The van der Waals surface area contributed by atoms with Gasteiger partial charge in [-0.15, -0.1) is 0 Å². The maximum atomic E-state index is 12.4. The second-order valence-electron chi connectivity index (χ2n) is 5.92. The van der Waals surface area contributed by atoms with Crippen LogP contribution in [-0.2, 0) is 0 Å². The molecule has 0 heterocycles. The van der Waals surface area contributed by atoms with E-state index in [1.54, 1.807) is 72.8 Å². The Morgan fingerprint density at radius 1 is 0.821 bits per heavy atom. The van der Waals surface area contributed by atoms with Crippen LogP contribution in [0.2, 0.25) is 5.02 Å². The number of hydrogen-bond acceptors (Lipinski definition) is 3. The van der Waals surface area contributed by atoms with Crippen LogP contribution >= 0.6 is 11.6 Å². The van der Waals surface area contributed by atoms with Gasteiger partial charge in [-0.25, -0.2) is 0 Å². The summed E-state index contributed by atoms with van der Waals surface area (Å²) in [7, 11) is 0. The van der Waals surface area contributed by atoms with Crippen molar-refractivity contribution >= 4 is 34.8 Å². The lowest BCUT2D eigenvalue weighted by atomic mass is 10.1. The molecule has 142 valence electrons. The Morgan fingerprint density at radius 3 is 2.00 bits per heavy atom. The molecule has 5 nitrogen and oxygen atoms in total. The standard InChI is InChI=1S/C22H19ClN2O3/c1-2-28-18-13-11-17(12-14-18)24-21(26)15-7-9-16(10-8-15)25-22(27)19-5-3-4-6-20(19)23/h3-14H,2H2,1H3,(H,24,26)(H,25,27). The van der Waals surface area contributed by atoms with Crippen molar-refractivity contribution in [1.29, 1.82) is 0 Å². The van der Waals surface area contributed by atoms with Gasteiger partial charge in [0.25, 0.3) is 11.8 Å². The molecule has 0 spiro atoms. The van der Waals surface area contributed by atoms with Crippen molar-refractivity contribution in [3.63, 3.8) is 0 Å². The lowest BCUT2D eigenvalue weighted by molar-refractivity contribution is 0.102. The van der Waals surface area contributed by atoms with Crippen LogP contribution in [0.25, 0.3) is 0 Å². The average Bonchev–Trinajstić information content (AvgIpc) is 2.70. The predicted molar refractivity (Wildman–Crippen MR) is 111 cm³/mol. The van der Waals surface area contributed by atoms with Gasteiger partial charge in [0.05, 0.1) is 17.2 Å². The molecular formula is C22H19ClN2O3. The summed E-state index contributed by atoms with van der Waals surface area (Å²) in [6, 6.07) is 20.6. The zero-order valence-corrected chi connectivity index (χ0v) is 16.0. The van der Waals surface area contributed by atoms with Gasteiger partial charge in [-0.3, -0.25) is 9.59 Å². The van der Waals surface area contributed by atoms with E-state index in [0.717, 1.165) is 5.75 Å². The molecule has 0 fully saturated rings. The zero-order valence-electron chi connectivity index (χ0n) is 15.2. The molecule has 0 aliphatic rings. The number of anilines is 2. The lowest BCUT2D eigenvalue weighted by Gasteiger charge is -2.09. The largest absolute Gasteiger partial charge is 0.494 e. The zero-order chi connectivity index (χ0) is 19.9. The van der Waals surface area contributed by atoms with Crippen molar-refractivity contribution in [2.24, 2.45) is 0 Å².